The molecule has 0 atom stereocenters. The Morgan fingerprint density at radius 2 is 1.93 bits per heavy atom. The van der Waals surface area contributed by atoms with E-state index in [0.717, 1.165) is 30.3 Å². The standard InChI is InChI=1S/C10H9F2NS/c1-2-3-14-10-8(11)4-7(6-13)5-9(10)12/h4-5H,2-3H2,1H3. The number of nitriles is 1. The van der Waals surface area contributed by atoms with Crippen molar-refractivity contribution in [2.45, 2.75) is 18.2 Å². The van der Waals surface area contributed by atoms with Gasteiger partial charge in [-0.25, -0.2) is 8.78 Å². The summed E-state index contributed by atoms with van der Waals surface area (Å²) in [5, 5.41) is 8.46. The number of hydrogen-bond donors (Lipinski definition) is 0. The van der Waals surface area contributed by atoms with Crippen LogP contribution in [0, 0.1) is 23.0 Å². The Hall–Kier alpha value is -1.08. The molecule has 0 aromatic heterocycles. The summed E-state index contributed by atoms with van der Waals surface area (Å²) >= 11 is 1.13. The highest BCUT2D eigenvalue weighted by Crippen LogP contribution is 2.26. The highest BCUT2D eigenvalue weighted by Gasteiger charge is 2.10. The summed E-state index contributed by atoms with van der Waals surface area (Å²) in [4.78, 5) is 0.00542. The normalized spacial score (nSPS) is 9.86. The molecule has 0 amide bonds. The molecular formula is C10H9F2NS. The first kappa shape index (κ1) is 11.0. The van der Waals surface area contributed by atoms with Crippen LogP contribution >= 0.6 is 11.8 Å². The van der Waals surface area contributed by atoms with E-state index < -0.39 is 11.6 Å². The van der Waals surface area contributed by atoms with Gasteiger partial charge >= 0.3 is 0 Å². The van der Waals surface area contributed by atoms with Crippen LogP contribution in [0.5, 0.6) is 0 Å². The van der Waals surface area contributed by atoms with Gasteiger partial charge in [-0.3, -0.25) is 0 Å². The van der Waals surface area contributed by atoms with Gasteiger partial charge in [-0.1, -0.05) is 6.92 Å². The minimum absolute atomic E-state index is 0.00542. The third-order valence-corrected chi connectivity index (χ3v) is 2.87. The average Bonchev–Trinajstić information content (AvgIpc) is 2.16. The quantitative estimate of drug-likeness (QED) is 0.719. The van der Waals surface area contributed by atoms with Gasteiger partial charge in [0.05, 0.1) is 16.5 Å². The topological polar surface area (TPSA) is 23.8 Å². The summed E-state index contributed by atoms with van der Waals surface area (Å²) in [5.74, 6) is -0.639. The predicted octanol–water partition coefficient (Wildman–Crippen LogP) is 3.34. The molecule has 1 aromatic rings. The number of benzene rings is 1. The number of rotatable bonds is 3. The zero-order chi connectivity index (χ0) is 10.6. The number of halogens is 2. The van der Waals surface area contributed by atoms with Gasteiger partial charge in [-0.05, 0) is 24.3 Å². The smallest absolute Gasteiger partial charge is 0.141 e. The third-order valence-electron chi connectivity index (χ3n) is 1.58. The van der Waals surface area contributed by atoms with Crippen LogP contribution in [0.2, 0.25) is 0 Å². The van der Waals surface area contributed by atoms with Gasteiger partial charge in [0, 0.05) is 0 Å². The Balaban J connectivity index is 3.01. The molecule has 0 aliphatic carbocycles. The van der Waals surface area contributed by atoms with E-state index >= 15 is 0 Å². The van der Waals surface area contributed by atoms with Crippen molar-refractivity contribution in [3.05, 3.63) is 29.3 Å². The van der Waals surface area contributed by atoms with Gasteiger partial charge in [0.2, 0.25) is 0 Å². The zero-order valence-corrected chi connectivity index (χ0v) is 8.50. The van der Waals surface area contributed by atoms with Crippen LogP contribution in [0.15, 0.2) is 17.0 Å². The van der Waals surface area contributed by atoms with Gasteiger partial charge in [0.1, 0.15) is 11.6 Å². The molecule has 0 bridgehead atoms. The van der Waals surface area contributed by atoms with E-state index in [2.05, 4.69) is 0 Å². The Bertz CT molecular complexity index is 348. The third kappa shape index (κ3) is 2.46. The van der Waals surface area contributed by atoms with Gasteiger partial charge in [-0.15, -0.1) is 11.8 Å². The lowest BCUT2D eigenvalue weighted by atomic mass is 10.2. The molecule has 0 aliphatic rings. The molecule has 4 heteroatoms. The van der Waals surface area contributed by atoms with Crippen LogP contribution in [0.25, 0.3) is 0 Å². The molecule has 0 saturated carbocycles. The van der Waals surface area contributed by atoms with Crippen molar-refractivity contribution < 1.29 is 8.78 Å². The van der Waals surface area contributed by atoms with Crippen molar-refractivity contribution in [3.8, 4) is 6.07 Å². The van der Waals surface area contributed by atoms with Crippen LogP contribution in [0.1, 0.15) is 18.9 Å². The molecule has 0 N–H and O–H groups in total. The highest BCUT2D eigenvalue weighted by atomic mass is 32.2. The SMILES string of the molecule is CCCSc1c(F)cc(C#N)cc1F. The fourth-order valence-electron chi connectivity index (χ4n) is 0.966. The van der Waals surface area contributed by atoms with Gasteiger partial charge in [0.25, 0.3) is 0 Å². The minimum Gasteiger partial charge on any atom is -0.206 e. The lowest BCUT2D eigenvalue weighted by Gasteiger charge is -2.03. The van der Waals surface area contributed by atoms with Crippen molar-refractivity contribution in [2.75, 3.05) is 5.75 Å². The summed E-state index contributed by atoms with van der Waals surface area (Å²) in [6, 6.07) is 3.82. The first-order valence-electron chi connectivity index (χ1n) is 4.21. The van der Waals surface area contributed by atoms with E-state index in [0.29, 0.717) is 5.75 Å². The molecule has 14 heavy (non-hydrogen) atoms. The number of thioether (sulfide) groups is 1. The van der Waals surface area contributed by atoms with Gasteiger partial charge in [0.15, 0.2) is 0 Å². The van der Waals surface area contributed by atoms with E-state index in [1.165, 1.54) is 0 Å². The molecule has 0 aliphatic heterocycles. The second-order valence-corrected chi connectivity index (χ2v) is 3.83. The van der Waals surface area contributed by atoms with Crippen LogP contribution in [-0.2, 0) is 0 Å². The van der Waals surface area contributed by atoms with Crippen molar-refractivity contribution in [2.24, 2.45) is 0 Å². The fourth-order valence-corrected chi connectivity index (χ4v) is 1.77. The Kier molecular flexibility index (Phi) is 3.90. The summed E-state index contributed by atoms with van der Waals surface area (Å²) in [5.41, 5.74) is 0.0147. The molecule has 0 saturated heterocycles. The molecule has 1 nitrogen and oxygen atoms in total. The first-order chi connectivity index (χ1) is 6.69. The largest absolute Gasteiger partial charge is 0.206 e. The zero-order valence-electron chi connectivity index (χ0n) is 7.68. The molecule has 0 radical (unpaired) electrons. The Labute approximate surface area is 85.7 Å². The second kappa shape index (κ2) is 4.97. The Morgan fingerprint density at radius 3 is 2.36 bits per heavy atom. The molecule has 0 unspecified atom stereocenters. The van der Waals surface area contributed by atoms with Crippen molar-refractivity contribution in [1.29, 1.82) is 5.26 Å². The molecule has 0 fully saturated rings. The predicted molar refractivity (Wildman–Crippen MR) is 52.1 cm³/mol. The molecular weight excluding hydrogens is 204 g/mol. The van der Waals surface area contributed by atoms with Crippen molar-refractivity contribution in [1.82, 2.24) is 0 Å². The maximum Gasteiger partial charge on any atom is 0.141 e. The lowest BCUT2D eigenvalue weighted by molar-refractivity contribution is 0.540. The second-order valence-electron chi connectivity index (χ2n) is 2.73. The van der Waals surface area contributed by atoms with E-state index in [4.69, 9.17) is 5.26 Å². The van der Waals surface area contributed by atoms with Crippen LogP contribution in [-0.4, -0.2) is 5.75 Å². The summed E-state index contributed by atoms with van der Waals surface area (Å²) in [7, 11) is 0. The monoisotopic (exact) mass is 213 g/mol. The summed E-state index contributed by atoms with van der Waals surface area (Å²) < 4.78 is 26.4. The average molecular weight is 213 g/mol. The van der Waals surface area contributed by atoms with Crippen LogP contribution < -0.4 is 0 Å². The molecule has 0 spiro atoms. The maximum atomic E-state index is 13.2. The van der Waals surface area contributed by atoms with Crippen molar-refractivity contribution in [3.63, 3.8) is 0 Å². The summed E-state index contributed by atoms with van der Waals surface area (Å²) in [6.07, 6.45) is 0.851. The first-order valence-corrected chi connectivity index (χ1v) is 5.19. The molecule has 1 rings (SSSR count). The minimum atomic E-state index is -0.653. The van der Waals surface area contributed by atoms with Crippen LogP contribution in [0.4, 0.5) is 8.78 Å². The molecule has 1 aromatic carbocycles. The molecule has 0 heterocycles. The van der Waals surface area contributed by atoms with Crippen LogP contribution in [0.3, 0.4) is 0 Å². The van der Waals surface area contributed by atoms with Crippen molar-refractivity contribution >= 4 is 11.8 Å². The number of hydrogen-bond acceptors (Lipinski definition) is 2. The van der Waals surface area contributed by atoms with E-state index in [9.17, 15) is 8.78 Å². The van der Waals surface area contributed by atoms with E-state index in [1.54, 1.807) is 6.07 Å². The highest BCUT2D eigenvalue weighted by molar-refractivity contribution is 7.99. The van der Waals surface area contributed by atoms with E-state index in [1.807, 2.05) is 6.92 Å². The maximum absolute atomic E-state index is 13.2. The van der Waals surface area contributed by atoms with Gasteiger partial charge in [-0.2, -0.15) is 5.26 Å². The fraction of sp³-hybridized carbons (Fsp3) is 0.300. The number of nitrogens with zero attached hydrogens (tertiary/aromatic N) is 1. The summed E-state index contributed by atoms with van der Waals surface area (Å²) in [6.45, 7) is 1.94. The lowest BCUT2D eigenvalue weighted by Crippen LogP contribution is -1.91. The van der Waals surface area contributed by atoms with E-state index in [-0.39, 0.29) is 10.5 Å². The van der Waals surface area contributed by atoms with Gasteiger partial charge < -0.3 is 0 Å². The Morgan fingerprint density at radius 1 is 1.36 bits per heavy atom. The molecule has 74 valence electrons.